The smallest absolute Gasteiger partial charge is 0.327 e. The van der Waals surface area contributed by atoms with E-state index in [0.717, 1.165) is 5.56 Å². The fraction of sp³-hybridized carbons (Fsp3) is 0.500. The Morgan fingerprint density at radius 2 is 1.92 bits per heavy atom. The molecule has 0 aromatic heterocycles. The van der Waals surface area contributed by atoms with Crippen molar-refractivity contribution >= 4 is 23.5 Å². The summed E-state index contributed by atoms with van der Waals surface area (Å²) in [6.45, 7) is 5.47. The number of hydrogen-bond acceptors (Lipinski definition) is 4. The van der Waals surface area contributed by atoms with Crippen molar-refractivity contribution in [2.45, 2.75) is 39.7 Å². The van der Waals surface area contributed by atoms with Crippen LogP contribution in [0.4, 0.5) is 5.69 Å². The summed E-state index contributed by atoms with van der Waals surface area (Å²) in [5, 5.41) is 9.46. The number of carboxylic acid groups (broad SMARTS) is 1. The Bertz CT molecular complexity index is 642. The van der Waals surface area contributed by atoms with Gasteiger partial charge in [-0.25, -0.2) is 4.79 Å². The predicted molar refractivity (Wildman–Crippen MR) is 88.6 cm³/mol. The molecule has 3 atom stereocenters. The highest BCUT2D eigenvalue weighted by molar-refractivity contribution is 6.03. The fourth-order valence-electron chi connectivity index (χ4n) is 3.11. The zero-order chi connectivity index (χ0) is 17.9. The van der Waals surface area contributed by atoms with Crippen molar-refractivity contribution in [2.24, 2.45) is 11.8 Å². The first-order valence-corrected chi connectivity index (χ1v) is 8.17. The number of esters is 1. The predicted octanol–water partition coefficient (Wildman–Crippen LogP) is 2.25. The molecule has 1 heterocycles. The molecule has 0 fully saturated rings. The molecule has 1 aliphatic heterocycles. The van der Waals surface area contributed by atoms with Gasteiger partial charge in [-0.1, -0.05) is 32.0 Å². The number of carbonyl (C=O) groups excluding carboxylic acids is 2. The number of benzene rings is 1. The second-order valence-corrected chi connectivity index (χ2v) is 6.18. The van der Waals surface area contributed by atoms with Crippen LogP contribution < -0.4 is 4.90 Å². The van der Waals surface area contributed by atoms with Crippen LogP contribution in [-0.2, 0) is 25.5 Å². The first-order chi connectivity index (χ1) is 11.4. The third-order valence-electron chi connectivity index (χ3n) is 4.32. The quantitative estimate of drug-likeness (QED) is 0.807. The highest BCUT2D eigenvalue weighted by atomic mass is 16.5. The Balaban J connectivity index is 2.17. The van der Waals surface area contributed by atoms with E-state index in [9.17, 15) is 19.5 Å². The second kappa shape index (κ2) is 7.47. The first kappa shape index (κ1) is 18.0. The first-order valence-electron chi connectivity index (χ1n) is 8.17. The zero-order valence-electron chi connectivity index (χ0n) is 14.2. The van der Waals surface area contributed by atoms with E-state index < -0.39 is 23.8 Å². The molecule has 0 saturated carbocycles. The number of rotatable bonds is 6. The van der Waals surface area contributed by atoms with Crippen molar-refractivity contribution in [1.29, 1.82) is 0 Å². The lowest BCUT2D eigenvalue weighted by molar-refractivity contribution is -0.148. The summed E-state index contributed by atoms with van der Waals surface area (Å²) in [6.07, 6.45) is 0.625. The number of carboxylic acids is 1. The van der Waals surface area contributed by atoms with Crippen LogP contribution >= 0.6 is 0 Å². The third-order valence-corrected chi connectivity index (χ3v) is 4.32. The van der Waals surface area contributed by atoms with Crippen LogP contribution in [0.1, 0.15) is 32.8 Å². The summed E-state index contributed by atoms with van der Waals surface area (Å²) in [4.78, 5) is 37.5. The SMILES string of the molecule is CCOC(=O)[C@H](C)C[C@@H](C)C(=O)N1c2ccccc2C[C@@H]1C(=O)O. The minimum atomic E-state index is -1.02. The molecule has 1 aliphatic rings. The molecule has 1 amide bonds. The molecule has 6 heteroatoms. The summed E-state index contributed by atoms with van der Waals surface area (Å²) in [5.41, 5.74) is 1.49. The Hall–Kier alpha value is -2.37. The highest BCUT2D eigenvalue weighted by Crippen LogP contribution is 2.34. The number of aliphatic carboxylic acids is 1. The van der Waals surface area contributed by atoms with Gasteiger partial charge >= 0.3 is 11.9 Å². The molecule has 0 aliphatic carbocycles. The lowest BCUT2D eigenvalue weighted by Crippen LogP contribution is -2.45. The van der Waals surface area contributed by atoms with Crippen LogP contribution in [0.2, 0.25) is 0 Å². The van der Waals surface area contributed by atoms with Gasteiger partial charge < -0.3 is 9.84 Å². The molecule has 0 radical (unpaired) electrons. The van der Waals surface area contributed by atoms with Crippen LogP contribution in [-0.4, -0.2) is 35.6 Å². The molecule has 24 heavy (non-hydrogen) atoms. The summed E-state index contributed by atoms with van der Waals surface area (Å²) < 4.78 is 4.97. The number of ether oxygens (including phenoxy) is 1. The average molecular weight is 333 g/mol. The second-order valence-electron chi connectivity index (χ2n) is 6.18. The van der Waals surface area contributed by atoms with Gasteiger partial charge in [-0.3, -0.25) is 14.5 Å². The van der Waals surface area contributed by atoms with Crippen molar-refractivity contribution < 1.29 is 24.2 Å². The minimum Gasteiger partial charge on any atom is -0.480 e. The molecule has 2 rings (SSSR count). The van der Waals surface area contributed by atoms with Gasteiger partial charge in [-0.05, 0) is 25.0 Å². The standard InChI is InChI=1S/C18H23NO5/c1-4-24-18(23)12(3)9-11(2)16(20)19-14-8-6-5-7-13(14)10-15(19)17(21)22/h5-8,11-12,15H,4,9-10H2,1-3H3,(H,21,22)/t11-,12-,15-/m1/s1. The van der Waals surface area contributed by atoms with Crippen LogP contribution in [0.25, 0.3) is 0 Å². The number of para-hydroxylation sites is 1. The number of hydrogen-bond donors (Lipinski definition) is 1. The van der Waals surface area contributed by atoms with Gasteiger partial charge in [0.25, 0.3) is 0 Å². The molecule has 0 bridgehead atoms. The Labute approximate surface area is 141 Å². The molecule has 0 saturated heterocycles. The monoisotopic (exact) mass is 333 g/mol. The van der Waals surface area contributed by atoms with Gasteiger partial charge in [-0.2, -0.15) is 0 Å². The Kier molecular flexibility index (Phi) is 5.59. The lowest BCUT2D eigenvalue weighted by Gasteiger charge is -2.26. The molecule has 0 unspecified atom stereocenters. The van der Waals surface area contributed by atoms with Crippen LogP contribution in [0.5, 0.6) is 0 Å². The maximum atomic E-state index is 12.8. The molecular weight excluding hydrogens is 310 g/mol. The van der Waals surface area contributed by atoms with Crippen molar-refractivity contribution in [3.63, 3.8) is 0 Å². The molecule has 1 aromatic rings. The molecular formula is C18H23NO5. The molecule has 130 valence electrons. The van der Waals surface area contributed by atoms with E-state index in [2.05, 4.69) is 0 Å². The van der Waals surface area contributed by atoms with Crippen LogP contribution in [0, 0.1) is 11.8 Å². The van der Waals surface area contributed by atoms with E-state index in [-0.39, 0.29) is 11.9 Å². The van der Waals surface area contributed by atoms with Gasteiger partial charge in [0.1, 0.15) is 6.04 Å². The number of carbonyl (C=O) groups is 3. The number of fused-ring (bicyclic) bond motifs is 1. The van der Waals surface area contributed by atoms with Crippen LogP contribution in [0.15, 0.2) is 24.3 Å². The van der Waals surface area contributed by atoms with Crippen molar-refractivity contribution in [3.05, 3.63) is 29.8 Å². The van der Waals surface area contributed by atoms with E-state index in [1.54, 1.807) is 32.9 Å². The Morgan fingerprint density at radius 1 is 1.25 bits per heavy atom. The largest absolute Gasteiger partial charge is 0.480 e. The molecule has 1 N–H and O–H groups in total. The van der Waals surface area contributed by atoms with Gasteiger partial charge in [0.15, 0.2) is 0 Å². The number of anilines is 1. The van der Waals surface area contributed by atoms with E-state index >= 15 is 0 Å². The van der Waals surface area contributed by atoms with Gasteiger partial charge in [-0.15, -0.1) is 0 Å². The lowest BCUT2D eigenvalue weighted by atomic mass is 9.95. The maximum Gasteiger partial charge on any atom is 0.327 e. The molecule has 6 nitrogen and oxygen atoms in total. The number of nitrogens with zero attached hydrogens (tertiary/aromatic N) is 1. The highest BCUT2D eigenvalue weighted by Gasteiger charge is 2.40. The van der Waals surface area contributed by atoms with Gasteiger partial charge in [0.05, 0.1) is 12.5 Å². The summed E-state index contributed by atoms with van der Waals surface area (Å²) in [5.74, 6) is -2.52. The van der Waals surface area contributed by atoms with E-state index in [1.165, 1.54) is 4.90 Å². The fourth-order valence-corrected chi connectivity index (χ4v) is 3.11. The average Bonchev–Trinajstić information content (AvgIpc) is 2.93. The van der Waals surface area contributed by atoms with E-state index in [0.29, 0.717) is 25.1 Å². The van der Waals surface area contributed by atoms with Gasteiger partial charge in [0, 0.05) is 18.0 Å². The topological polar surface area (TPSA) is 83.9 Å². The van der Waals surface area contributed by atoms with Crippen molar-refractivity contribution in [1.82, 2.24) is 0 Å². The van der Waals surface area contributed by atoms with Crippen molar-refractivity contribution in [3.8, 4) is 0 Å². The van der Waals surface area contributed by atoms with E-state index in [4.69, 9.17) is 4.74 Å². The summed E-state index contributed by atoms with van der Waals surface area (Å²) in [7, 11) is 0. The molecule has 0 spiro atoms. The van der Waals surface area contributed by atoms with Crippen molar-refractivity contribution in [2.75, 3.05) is 11.5 Å². The maximum absolute atomic E-state index is 12.8. The minimum absolute atomic E-state index is 0.275. The zero-order valence-corrected chi connectivity index (χ0v) is 14.2. The molecule has 1 aromatic carbocycles. The third kappa shape index (κ3) is 3.58. The summed E-state index contributed by atoms with van der Waals surface area (Å²) in [6, 6.07) is 6.32. The van der Waals surface area contributed by atoms with E-state index in [1.807, 2.05) is 12.1 Å². The summed E-state index contributed by atoms with van der Waals surface area (Å²) >= 11 is 0. The normalized spacial score (nSPS) is 18.6. The van der Waals surface area contributed by atoms with Crippen LogP contribution in [0.3, 0.4) is 0 Å². The Morgan fingerprint density at radius 3 is 2.54 bits per heavy atom. The number of amides is 1. The van der Waals surface area contributed by atoms with Gasteiger partial charge in [0.2, 0.25) is 5.91 Å².